The van der Waals surface area contributed by atoms with E-state index >= 15 is 0 Å². The SMILES string of the molecule is CO[C@]1(c2ccc(C)cc2)CC[C@H]2[C@@H]3CCC4=CC(=O)CCC4=C3CC[C@@]21C. The molecule has 4 atom stereocenters. The Labute approximate surface area is 169 Å². The standard InChI is InChI=1S/C26H32O2/c1-17-4-7-19(8-5-17)26(28-3)15-13-24-23-10-6-18-16-20(27)9-11-21(18)22(23)12-14-25(24,26)2/h4-5,7-8,16,23-24H,6,9-15H2,1-3H3/t23-,24+,25+,26+/m1/s1. The van der Waals surface area contributed by atoms with Crippen molar-refractivity contribution >= 4 is 5.78 Å². The monoisotopic (exact) mass is 376 g/mol. The highest BCUT2D eigenvalue weighted by Crippen LogP contribution is 2.67. The molecule has 0 unspecified atom stereocenters. The van der Waals surface area contributed by atoms with E-state index in [2.05, 4.69) is 38.1 Å². The lowest BCUT2D eigenvalue weighted by molar-refractivity contribution is -0.123. The fourth-order valence-electron chi connectivity index (χ4n) is 7.28. The number of hydrogen-bond acceptors (Lipinski definition) is 2. The van der Waals surface area contributed by atoms with Gasteiger partial charge in [0.2, 0.25) is 0 Å². The van der Waals surface area contributed by atoms with Crippen LogP contribution in [0.1, 0.15) is 69.4 Å². The maximum Gasteiger partial charge on any atom is 0.156 e. The second kappa shape index (κ2) is 6.42. The minimum absolute atomic E-state index is 0.166. The van der Waals surface area contributed by atoms with Gasteiger partial charge < -0.3 is 4.74 Å². The summed E-state index contributed by atoms with van der Waals surface area (Å²) in [6.07, 6.45) is 10.7. The van der Waals surface area contributed by atoms with Crippen LogP contribution in [0.2, 0.25) is 0 Å². The summed E-state index contributed by atoms with van der Waals surface area (Å²) >= 11 is 0. The van der Waals surface area contributed by atoms with Crippen molar-refractivity contribution in [3.63, 3.8) is 0 Å². The summed E-state index contributed by atoms with van der Waals surface area (Å²) in [6.45, 7) is 4.66. The number of ether oxygens (including phenoxy) is 1. The van der Waals surface area contributed by atoms with E-state index in [0.717, 1.165) is 19.3 Å². The lowest BCUT2D eigenvalue weighted by Gasteiger charge is -2.53. The molecule has 0 bridgehead atoms. The molecule has 4 aliphatic carbocycles. The third kappa shape index (κ3) is 2.40. The summed E-state index contributed by atoms with van der Waals surface area (Å²) in [4.78, 5) is 11.9. The number of ketones is 1. The highest BCUT2D eigenvalue weighted by atomic mass is 16.5. The molecule has 0 amide bonds. The van der Waals surface area contributed by atoms with Crippen LogP contribution in [0, 0.1) is 24.2 Å². The van der Waals surface area contributed by atoms with Gasteiger partial charge in [-0.2, -0.15) is 0 Å². The van der Waals surface area contributed by atoms with Crippen LogP contribution in [0.15, 0.2) is 47.1 Å². The molecule has 0 saturated heterocycles. The van der Waals surface area contributed by atoms with Crippen molar-refractivity contribution < 1.29 is 9.53 Å². The number of aryl methyl sites for hydroxylation is 1. The smallest absolute Gasteiger partial charge is 0.156 e. The molecule has 0 N–H and O–H groups in total. The van der Waals surface area contributed by atoms with Crippen LogP contribution in [0.25, 0.3) is 0 Å². The van der Waals surface area contributed by atoms with Gasteiger partial charge in [0, 0.05) is 18.9 Å². The number of carbonyl (C=O) groups excluding carboxylic acids is 1. The Balaban J connectivity index is 1.56. The normalized spacial score (nSPS) is 37.2. The molecule has 0 spiro atoms. The van der Waals surface area contributed by atoms with Gasteiger partial charge in [-0.1, -0.05) is 42.3 Å². The minimum Gasteiger partial charge on any atom is -0.373 e. The molecule has 0 aromatic heterocycles. The largest absolute Gasteiger partial charge is 0.373 e. The van der Waals surface area contributed by atoms with Crippen molar-refractivity contribution in [2.45, 2.75) is 70.8 Å². The van der Waals surface area contributed by atoms with Crippen molar-refractivity contribution in [1.82, 2.24) is 0 Å². The fourth-order valence-corrected chi connectivity index (χ4v) is 7.28. The molecule has 2 nitrogen and oxygen atoms in total. The Morgan fingerprint density at radius 2 is 1.79 bits per heavy atom. The van der Waals surface area contributed by atoms with Crippen molar-refractivity contribution in [2.75, 3.05) is 7.11 Å². The molecule has 28 heavy (non-hydrogen) atoms. The van der Waals surface area contributed by atoms with Crippen molar-refractivity contribution in [1.29, 1.82) is 0 Å². The summed E-state index contributed by atoms with van der Waals surface area (Å²) in [5.74, 6) is 1.70. The average Bonchev–Trinajstić information content (AvgIpc) is 3.01. The van der Waals surface area contributed by atoms with E-state index in [0.29, 0.717) is 24.0 Å². The second-order valence-electron chi connectivity index (χ2n) is 9.74. The van der Waals surface area contributed by atoms with Crippen LogP contribution in [-0.2, 0) is 15.1 Å². The number of rotatable bonds is 2. The minimum atomic E-state index is -0.166. The number of fused-ring (bicyclic) bond motifs is 4. The first-order chi connectivity index (χ1) is 13.5. The Hall–Kier alpha value is -1.67. The summed E-state index contributed by atoms with van der Waals surface area (Å²) < 4.78 is 6.43. The van der Waals surface area contributed by atoms with Crippen molar-refractivity contribution in [3.05, 3.63) is 58.2 Å². The molecule has 2 heteroatoms. The third-order valence-electron chi connectivity index (χ3n) is 8.72. The molecular formula is C26H32O2. The molecule has 4 aliphatic rings. The Morgan fingerprint density at radius 1 is 1.00 bits per heavy atom. The maximum absolute atomic E-state index is 11.9. The zero-order valence-electron chi connectivity index (χ0n) is 17.5. The zero-order chi connectivity index (χ0) is 19.5. The molecule has 5 rings (SSSR count). The number of methoxy groups -OCH3 is 1. The number of benzene rings is 1. The molecule has 2 saturated carbocycles. The van der Waals surface area contributed by atoms with Crippen LogP contribution in [0.5, 0.6) is 0 Å². The highest BCUT2D eigenvalue weighted by molar-refractivity contribution is 5.93. The van der Waals surface area contributed by atoms with Gasteiger partial charge in [0.25, 0.3) is 0 Å². The number of hydrogen-bond donors (Lipinski definition) is 0. The molecule has 1 aromatic rings. The van der Waals surface area contributed by atoms with Gasteiger partial charge in [-0.05, 0) is 86.5 Å². The molecule has 0 aliphatic heterocycles. The predicted octanol–water partition coefficient (Wildman–Crippen LogP) is 6.04. The van der Waals surface area contributed by atoms with Gasteiger partial charge in [-0.25, -0.2) is 0 Å². The summed E-state index contributed by atoms with van der Waals surface area (Å²) in [5, 5.41) is 0. The van der Waals surface area contributed by atoms with E-state index in [4.69, 9.17) is 4.74 Å². The quantitative estimate of drug-likeness (QED) is 0.629. The number of carbonyl (C=O) groups is 1. The van der Waals surface area contributed by atoms with Crippen LogP contribution < -0.4 is 0 Å². The second-order valence-corrected chi connectivity index (χ2v) is 9.74. The van der Waals surface area contributed by atoms with Crippen LogP contribution >= 0.6 is 0 Å². The van der Waals surface area contributed by atoms with Crippen LogP contribution in [0.3, 0.4) is 0 Å². The molecule has 1 aromatic carbocycles. The van der Waals surface area contributed by atoms with Crippen molar-refractivity contribution in [2.24, 2.45) is 17.3 Å². The van der Waals surface area contributed by atoms with Gasteiger partial charge in [0.1, 0.15) is 0 Å². The lowest BCUT2D eigenvalue weighted by atomic mass is 9.54. The van der Waals surface area contributed by atoms with Crippen LogP contribution in [0.4, 0.5) is 0 Å². The summed E-state index contributed by atoms with van der Waals surface area (Å²) in [6, 6.07) is 9.07. The highest BCUT2D eigenvalue weighted by Gasteiger charge is 2.62. The third-order valence-corrected chi connectivity index (χ3v) is 8.72. The maximum atomic E-state index is 11.9. The fraction of sp³-hybridized carbons (Fsp3) is 0.577. The van der Waals surface area contributed by atoms with E-state index in [1.54, 1.807) is 11.1 Å². The van der Waals surface area contributed by atoms with Gasteiger partial charge in [-0.3, -0.25) is 4.79 Å². The first-order valence-corrected chi connectivity index (χ1v) is 11.1. The van der Waals surface area contributed by atoms with Gasteiger partial charge in [0.05, 0.1) is 5.60 Å². The van der Waals surface area contributed by atoms with E-state index < -0.39 is 0 Å². The van der Waals surface area contributed by atoms with Crippen LogP contribution in [-0.4, -0.2) is 12.9 Å². The summed E-state index contributed by atoms with van der Waals surface area (Å²) in [7, 11) is 1.93. The Bertz CT molecular complexity index is 874. The molecule has 2 fully saturated rings. The molecule has 0 heterocycles. The Morgan fingerprint density at radius 3 is 2.54 bits per heavy atom. The Kier molecular flexibility index (Phi) is 4.21. The van der Waals surface area contributed by atoms with E-state index in [1.165, 1.54) is 42.4 Å². The van der Waals surface area contributed by atoms with Gasteiger partial charge in [-0.15, -0.1) is 0 Å². The zero-order valence-corrected chi connectivity index (χ0v) is 17.5. The number of allylic oxidation sites excluding steroid dienone is 4. The molecule has 0 radical (unpaired) electrons. The van der Waals surface area contributed by atoms with E-state index in [-0.39, 0.29) is 11.0 Å². The molecule has 148 valence electrons. The predicted molar refractivity (Wildman–Crippen MR) is 112 cm³/mol. The van der Waals surface area contributed by atoms with Gasteiger partial charge in [0.15, 0.2) is 5.78 Å². The molecular weight excluding hydrogens is 344 g/mol. The van der Waals surface area contributed by atoms with Gasteiger partial charge >= 0.3 is 0 Å². The lowest BCUT2D eigenvalue weighted by Crippen LogP contribution is -2.49. The van der Waals surface area contributed by atoms with Crippen molar-refractivity contribution in [3.8, 4) is 0 Å². The summed E-state index contributed by atoms with van der Waals surface area (Å²) in [5.41, 5.74) is 7.30. The topological polar surface area (TPSA) is 26.3 Å². The van der Waals surface area contributed by atoms with E-state index in [9.17, 15) is 4.79 Å². The first-order valence-electron chi connectivity index (χ1n) is 11.1. The first kappa shape index (κ1) is 18.4. The average molecular weight is 377 g/mol. The van der Waals surface area contributed by atoms with E-state index in [1.807, 2.05) is 13.2 Å².